The van der Waals surface area contributed by atoms with E-state index < -0.39 is 9.84 Å². The van der Waals surface area contributed by atoms with Crippen molar-refractivity contribution in [2.75, 3.05) is 43.3 Å². The number of benzene rings is 1. The van der Waals surface area contributed by atoms with E-state index >= 15 is 0 Å². The highest BCUT2D eigenvalue weighted by Gasteiger charge is 2.31. The number of hydrogen-bond donors (Lipinski definition) is 1. The Morgan fingerprint density at radius 1 is 1.10 bits per heavy atom. The first-order valence-corrected chi connectivity index (χ1v) is 17.5. The number of amides is 1. The van der Waals surface area contributed by atoms with Crippen molar-refractivity contribution in [3.63, 3.8) is 0 Å². The number of likely N-dealkylation sites (tertiary alicyclic amines) is 1. The summed E-state index contributed by atoms with van der Waals surface area (Å²) in [4.78, 5) is 24.4. The van der Waals surface area contributed by atoms with Gasteiger partial charge in [-0.1, -0.05) is 6.07 Å². The van der Waals surface area contributed by atoms with E-state index in [-0.39, 0.29) is 17.7 Å². The van der Waals surface area contributed by atoms with Gasteiger partial charge in [-0.15, -0.1) is 0 Å². The van der Waals surface area contributed by atoms with Crippen molar-refractivity contribution in [2.45, 2.75) is 56.2 Å². The van der Waals surface area contributed by atoms with Crippen molar-refractivity contribution in [3.8, 4) is 11.6 Å². The number of nitrogens with zero attached hydrogens (tertiary/aromatic N) is 4. The van der Waals surface area contributed by atoms with E-state index in [4.69, 9.17) is 9.72 Å². The summed E-state index contributed by atoms with van der Waals surface area (Å²) in [7, 11) is -3.00. The smallest absolute Gasteiger partial charge is 0.225 e. The van der Waals surface area contributed by atoms with E-state index in [0.717, 1.165) is 74.1 Å². The zero-order valence-electron chi connectivity index (χ0n) is 23.3. The molecule has 3 aromatic rings. The second kappa shape index (κ2) is 12.8. The first-order chi connectivity index (χ1) is 19.3. The van der Waals surface area contributed by atoms with Crippen LogP contribution in [-0.2, 0) is 14.6 Å². The molecule has 1 aliphatic heterocycles. The molecule has 0 radical (unpaired) electrons. The number of thioether (sulfide) groups is 1. The van der Waals surface area contributed by atoms with Crippen LogP contribution in [0.3, 0.4) is 0 Å². The number of hydrogen-bond acceptors (Lipinski definition) is 8. The van der Waals surface area contributed by atoms with E-state index in [2.05, 4.69) is 21.5 Å². The Bertz CT molecular complexity index is 1410. The van der Waals surface area contributed by atoms with E-state index in [9.17, 15) is 13.2 Å². The summed E-state index contributed by atoms with van der Waals surface area (Å²) in [5.41, 5.74) is 0.950. The predicted molar refractivity (Wildman–Crippen MR) is 161 cm³/mol. The summed E-state index contributed by atoms with van der Waals surface area (Å²) in [5, 5.41) is 5.14. The largest absolute Gasteiger partial charge is 0.493 e. The van der Waals surface area contributed by atoms with E-state index in [0.29, 0.717) is 30.1 Å². The molecule has 0 unspecified atom stereocenters. The second-order valence-electron chi connectivity index (χ2n) is 10.9. The molecule has 2 aromatic heterocycles. The fourth-order valence-corrected chi connectivity index (χ4v) is 7.08. The number of ether oxygens (including phenoxy) is 1. The standard InChI is InChI=1S/C29H39N5O4S2/c1-39-23-12-16-33(17-13-23)28(35)21-7-9-22(10-8-21)31-29-30-15-11-27(32-29)34-18-14-24-25(34)5-3-6-26(24)38-19-4-20-40(2,36)37/h3,5-6,11,14-15,18,21-23H,4,7-10,12-13,16-17,19-20H2,1-2H3,(H,30,31,32). The molecule has 0 bridgehead atoms. The van der Waals surface area contributed by atoms with Gasteiger partial charge in [-0.25, -0.2) is 13.4 Å². The van der Waals surface area contributed by atoms with Gasteiger partial charge in [-0.3, -0.25) is 4.79 Å². The quantitative estimate of drug-likeness (QED) is 0.345. The van der Waals surface area contributed by atoms with Gasteiger partial charge < -0.3 is 19.5 Å². The lowest BCUT2D eigenvalue weighted by Crippen LogP contribution is -2.44. The molecule has 0 atom stereocenters. The maximum absolute atomic E-state index is 13.1. The molecule has 40 heavy (non-hydrogen) atoms. The number of aromatic nitrogens is 3. The molecule has 5 rings (SSSR count). The molecule has 2 fully saturated rings. The highest BCUT2D eigenvalue weighted by molar-refractivity contribution is 7.99. The maximum atomic E-state index is 13.1. The van der Waals surface area contributed by atoms with Gasteiger partial charge in [0.05, 0.1) is 17.9 Å². The van der Waals surface area contributed by atoms with Crippen LogP contribution in [-0.4, -0.2) is 83.0 Å². The number of fused-ring (bicyclic) bond motifs is 1. The number of nitrogens with one attached hydrogen (secondary N) is 1. The summed E-state index contributed by atoms with van der Waals surface area (Å²) in [6, 6.07) is 9.94. The summed E-state index contributed by atoms with van der Waals surface area (Å²) in [6.07, 6.45) is 13.4. The van der Waals surface area contributed by atoms with Crippen molar-refractivity contribution in [2.24, 2.45) is 5.92 Å². The molecular formula is C29H39N5O4S2. The Hall–Kier alpha value is -2.79. The Labute approximate surface area is 241 Å². The van der Waals surface area contributed by atoms with E-state index in [1.807, 2.05) is 52.9 Å². The molecule has 11 heteroatoms. The Morgan fingerprint density at radius 2 is 1.88 bits per heavy atom. The maximum Gasteiger partial charge on any atom is 0.225 e. The van der Waals surface area contributed by atoms with Crippen LogP contribution in [0.5, 0.6) is 5.75 Å². The van der Waals surface area contributed by atoms with Gasteiger partial charge in [0.2, 0.25) is 11.9 Å². The molecule has 0 spiro atoms. The highest BCUT2D eigenvalue weighted by atomic mass is 32.2. The van der Waals surface area contributed by atoms with Gasteiger partial charge in [-0.05, 0) is 75.5 Å². The fourth-order valence-electron chi connectivity index (χ4n) is 5.76. The monoisotopic (exact) mass is 585 g/mol. The van der Waals surface area contributed by atoms with Crippen molar-refractivity contribution in [3.05, 3.63) is 42.7 Å². The van der Waals surface area contributed by atoms with Crippen LogP contribution in [0.15, 0.2) is 42.7 Å². The summed E-state index contributed by atoms with van der Waals surface area (Å²) >= 11 is 1.92. The number of carbonyl (C=O) groups excluding carboxylic acids is 1. The third-order valence-corrected chi connectivity index (χ3v) is 10.2. The van der Waals surface area contributed by atoms with Crippen molar-refractivity contribution in [1.29, 1.82) is 0 Å². The lowest BCUT2D eigenvalue weighted by atomic mass is 9.85. The van der Waals surface area contributed by atoms with Crippen LogP contribution >= 0.6 is 11.8 Å². The number of sulfone groups is 1. The molecule has 1 saturated carbocycles. The minimum atomic E-state index is -3.00. The van der Waals surface area contributed by atoms with Gasteiger partial charge in [0.25, 0.3) is 0 Å². The van der Waals surface area contributed by atoms with E-state index in [1.165, 1.54) is 6.26 Å². The summed E-state index contributed by atoms with van der Waals surface area (Å²) in [6.45, 7) is 2.13. The Balaban J connectivity index is 1.18. The summed E-state index contributed by atoms with van der Waals surface area (Å²) in [5.74, 6) is 2.63. The minimum Gasteiger partial charge on any atom is -0.493 e. The van der Waals surface area contributed by atoms with Gasteiger partial charge in [0.15, 0.2) is 0 Å². The normalized spacial score (nSPS) is 20.5. The third-order valence-electron chi connectivity index (χ3n) is 7.99. The Kier molecular flexibility index (Phi) is 9.20. The highest BCUT2D eigenvalue weighted by Crippen LogP contribution is 2.31. The van der Waals surface area contributed by atoms with Crippen molar-refractivity contribution >= 4 is 44.4 Å². The predicted octanol–water partition coefficient (Wildman–Crippen LogP) is 4.56. The molecule has 3 heterocycles. The molecule has 1 amide bonds. The van der Waals surface area contributed by atoms with Gasteiger partial charge in [-0.2, -0.15) is 16.7 Å². The lowest BCUT2D eigenvalue weighted by molar-refractivity contribution is -0.137. The number of anilines is 1. The van der Waals surface area contributed by atoms with Crippen LogP contribution in [0.4, 0.5) is 5.95 Å². The molecule has 2 aliphatic rings. The average Bonchev–Trinajstić information content (AvgIpc) is 3.40. The first-order valence-electron chi connectivity index (χ1n) is 14.1. The average molecular weight is 586 g/mol. The molecule has 9 nitrogen and oxygen atoms in total. The molecule has 1 aromatic carbocycles. The van der Waals surface area contributed by atoms with Crippen LogP contribution in [0.1, 0.15) is 44.9 Å². The minimum absolute atomic E-state index is 0.107. The van der Waals surface area contributed by atoms with Crippen molar-refractivity contribution < 1.29 is 17.9 Å². The van der Waals surface area contributed by atoms with Crippen molar-refractivity contribution in [1.82, 2.24) is 19.4 Å². The summed E-state index contributed by atoms with van der Waals surface area (Å²) < 4.78 is 30.7. The molecule has 216 valence electrons. The Morgan fingerprint density at radius 3 is 2.60 bits per heavy atom. The molecule has 1 N–H and O–H groups in total. The van der Waals surface area contributed by atoms with Crippen LogP contribution in [0.25, 0.3) is 16.7 Å². The number of rotatable bonds is 10. The SMILES string of the molecule is CSC1CCN(C(=O)C2CCC(Nc3nccc(-n4ccc5c(OCCCS(C)(=O)=O)cccc54)n3)CC2)CC1. The van der Waals surface area contributed by atoms with Crippen LogP contribution in [0.2, 0.25) is 0 Å². The van der Waals surface area contributed by atoms with Gasteiger partial charge in [0.1, 0.15) is 21.4 Å². The molecule has 1 aliphatic carbocycles. The zero-order chi connectivity index (χ0) is 28.1. The molecule has 1 saturated heterocycles. The van der Waals surface area contributed by atoms with Crippen LogP contribution in [0, 0.1) is 5.92 Å². The lowest BCUT2D eigenvalue weighted by Gasteiger charge is -2.36. The number of piperidine rings is 1. The fraction of sp³-hybridized carbons (Fsp3) is 0.552. The topological polar surface area (TPSA) is 106 Å². The van der Waals surface area contributed by atoms with E-state index in [1.54, 1.807) is 6.20 Å². The van der Waals surface area contributed by atoms with Gasteiger partial charge in [0, 0.05) is 54.3 Å². The first kappa shape index (κ1) is 28.7. The third kappa shape index (κ3) is 7.09. The zero-order valence-corrected chi connectivity index (χ0v) is 24.9. The number of carbonyl (C=O) groups is 1. The molecular weight excluding hydrogens is 546 g/mol. The second-order valence-corrected chi connectivity index (χ2v) is 14.3. The van der Waals surface area contributed by atoms with Gasteiger partial charge >= 0.3 is 0 Å². The van der Waals surface area contributed by atoms with Crippen LogP contribution < -0.4 is 10.1 Å².